The van der Waals surface area contributed by atoms with Crippen LogP contribution in [0.1, 0.15) is 43.7 Å². The Morgan fingerprint density at radius 2 is 1.65 bits per heavy atom. The summed E-state index contributed by atoms with van der Waals surface area (Å²) in [6.45, 7) is 9.21. The van der Waals surface area contributed by atoms with Crippen molar-refractivity contribution in [2.24, 2.45) is 0 Å². The van der Waals surface area contributed by atoms with E-state index in [4.69, 9.17) is 37.9 Å². The van der Waals surface area contributed by atoms with Crippen molar-refractivity contribution in [3.8, 4) is 22.5 Å². The molecule has 0 aliphatic rings. The third-order valence-corrected chi connectivity index (χ3v) is 5.89. The van der Waals surface area contributed by atoms with Crippen molar-refractivity contribution in [3.63, 3.8) is 0 Å². The summed E-state index contributed by atoms with van der Waals surface area (Å²) in [6, 6.07) is 10.9. The van der Waals surface area contributed by atoms with Gasteiger partial charge in [-0.3, -0.25) is 4.98 Å². The van der Waals surface area contributed by atoms with Crippen LogP contribution in [0.15, 0.2) is 48.8 Å². The standard InChI is InChI=1S/C26H25Cl2N3O3/c1-14-21(16-6-8-17(27)9-7-16)22(24(25(32)33)34-26(3,4)5)15(2)29-23(14)19-13-31-12-18(28)10-11-20(31)30-19/h6-13,24H,1-5H3,(H,32,33). The number of hydrogen-bond donors (Lipinski definition) is 1. The van der Waals surface area contributed by atoms with Gasteiger partial charge in [-0.1, -0.05) is 35.3 Å². The number of ether oxygens (including phenoxy) is 1. The smallest absolute Gasteiger partial charge is 0.337 e. The quantitative estimate of drug-likeness (QED) is 0.323. The fourth-order valence-electron chi connectivity index (χ4n) is 4.04. The maximum atomic E-state index is 12.4. The molecule has 0 spiro atoms. The first-order valence-electron chi connectivity index (χ1n) is 10.8. The van der Waals surface area contributed by atoms with Crippen molar-refractivity contribution in [2.45, 2.75) is 46.3 Å². The zero-order valence-corrected chi connectivity index (χ0v) is 21.1. The molecule has 1 N–H and O–H groups in total. The number of carbonyl (C=O) groups is 1. The molecule has 0 amide bonds. The van der Waals surface area contributed by atoms with Gasteiger partial charge in [-0.15, -0.1) is 0 Å². The van der Waals surface area contributed by atoms with Crippen LogP contribution in [-0.4, -0.2) is 31.0 Å². The number of carboxylic acid groups (broad SMARTS) is 1. The Bertz CT molecular complexity index is 1390. The first kappa shape index (κ1) is 24.2. The van der Waals surface area contributed by atoms with Gasteiger partial charge in [0, 0.05) is 28.7 Å². The fourth-order valence-corrected chi connectivity index (χ4v) is 4.33. The van der Waals surface area contributed by atoms with Gasteiger partial charge in [0.05, 0.1) is 16.3 Å². The number of hydrogen-bond acceptors (Lipinski definition) is 4. The Balaban J connectivity index is 2.01. The summed E-state index contributed by atoms with van der Waals surface area (Å²) in [6.07, 6.45) is 2.44. The number of halogens is 2. The second-order valence-corrected chi connectivity index (χ2v) is 10.0. The predicted molar refractivity (Wildman–Crippen MR) is 135 cm³/mol. The largest absolute Gasteiger partial charge is 0.479 e. The van der Waals surface area contributed by atoms with E-state index in [2.05, 4.69) is 0 Å². The van der Waals surface area contributed by atoms with Crippen molar-refractivity contribution >= 4 is 34.8 Å². The summed E-state index contributed by atoms with van der Waals surface area (Å²) in [4.78, 5) is 21.9. The summed E-state index contributed by atoms with van der Waals surface area (Å²) in [7, 11) is 0. The van der Waals surface area contributed by atoms with E-state index in [0.717, 1.165) is 22.3 Å². The molecule has 0 radical (unpaired) electrons. The van der Waals surface area contributed by atoms with Gasteiger partial charge in [0.25, 0.3) is 0 Å². The second-order valence-electron chi connectivity index (χ2n) is 9.15. The molecular formula is C26H25Cl2N3O3. The molecule has 176 valence electrons. The Labute approximate surface area is 208 Å². The second kappa shape index (κ2) is 9.02. The first-order valence-corrected chi connectivity index (χ1v) is 11.5. The minimum atomic E-state index is -1.20. The number of pyridine rings is 2. The lowest BCUT2D eigenvalue weighted by Crippen LogP contribution is -2.28. The van der Waals surface area contributed by atoms with Gasteiger partial charge in [0.15, 0.2) is 6.10 Å². The maximum absolute atomic E-state index is 12.4. The molecular weight excluding hydrogens is 473 g/mol. The van der Waals surface area contributed by atoms with E-state index in [1.54, 1.807) is 31.3 Å². The van der Waals surface area contributed by atoms with E-state index >= 15 is 0 Å². The van der Waals surface area contributed by atoms with Gasteiger partial charge >= 0.3 is 5.97 Å². The van der Waals surface area contributed by atoms with Crippen LogP contribution in [0.4, 0.5) is 0 Å². The maximum Gasteiger partial charge on any atom is 0.337 e. The molecule has 0 bridgehead atoms. The van der Waals surface area contributed by atoms with Crippen LogP contribution in [0.3, 0.4) is 0 Å². The van der Waals surface area contributed by atoms with Gasteiger partial charge in [-0.25, -0.2) is 9.78 Å². The molecule has 4 rings (SSSR count). The number of aliphatic carboxylic acids is 1. The zero-order valence-electron chi connectivity index (χ0n) is 19.6. The Kier molecular flexibility index (Phi) is 6.42. The lowest BCUT2D eigenvalue weighted by Gasteiger charge is -2.28. The molecule has 4 aromatic rings. The highest BCUT2D eigenvalue weighted by molar-refractivity contribution is 6.30. The number of aryl methyl sites for hydroxylation is 1. The SMILES string of the molecule is Cc1nc(-c2cn3cc(Cl)ccc3n2)c(C)c(-c2ccc(Cl)cc2)c1C(OC(C)(C)C)C(=O)O. The van der Waals surface area contributed by atoms with Crippen LogP contribution in [-0.2, 0) is 9.53 Å². The van der Waals surface area contributed by atoms with E-state index in [0.29, 0.717) is 32.7 Å². The van der Waals surface area contributed by atoms with E-state index in [-0.39, 0.29) is 0 Å². The van der Waals surface area contributed by atoms with Gasteiger partial charge in [-0.2, -0.15) is 0 Å². The molecule has 1 aromatic carbocycles. The van der Waals surface area contributed by atoms with E-state index < -0.39 is 17.7 Å². The molecule has 3 aromatic heterocycles. The summed E-state index contributed by atoms with van der Waals surface area (Å²) < 4.78 is 7.85. The first-order chi connectivity index (χ1) is 15.9. The monoisotopic (exact) mass is 497 g/mol. The molecule has 6 nitrogen and oxygen atoms in total. The van der Waals surface area contributed by atoms with E-state index in [1.165, 1.54) is 0 Å². The molecule has 0 saturated carbocycles. The van der Waals surface area contributed by atoms with Crippen molar-refractivity contribution in [1.82, 2.24) is 14.4 Å². The molecule has 0 fully saturated rings. The highest BCUT2D eigenvalue weighted by Crippen LogP contribution is 2.40. The molecule has 0 saturated heterocycles. The van der Waals surface area contributed by atoms with Crippen LogP contribution in [0, 0.1) is 13.8 Å². The normalized spacial score (nSPS) is 12.8. The van der Waals surface area contributed by atoms with Crippen LogP contribution < -0.4 is 0 Å². The molecule has 3 heterocycles. The molecule has 34 heavy (non-hydrogen) atoms. The summed E-state index contributed by atoms with van der Waals surface area (Å²) >= 11 is 12.3. The minimum Gasteiger partial charge on any atom is -0.479 e. The lowest BCUT2D eigenvalue weighted by atomic mass is 9.89. The summed E-state index contributed by atoms with van der Waals surface area (Å²) in [5.74, 6) is -1.08. The van der Waals surface area contributed by atoms with Crippen molar-refractivity contribution in [3.05, 3.63) is 75.7 Å². The van der Waals surface area contributed by atoms with Crippen LogP contribution in [0.25, 0.3) is 28.2 Å². The number of imidazole rings is 1. The van der Waals surface area contributed by atoms with E-state index in [1.807, 2.05) is 56.5 Å². The number of fused-ring (bicyclic) bond motifs is 1. The third kappa shape index (κ3) is 4.80. The number of rotatable bonds is 5. The third-order valence-electron chi connectivity index (χ3n) is 5.42. The Hall–Kier alpha value is -2.93. The molecule has 8 heteroatoms. The predicted octanol–water partition coefficient (Wildman–Crippen LogP) is 6.93. The van der Waals surface area contributed by atoms with Crippen LogP contribution >= 0.6 is 23.2 Å². The number of aromatic nitrogens is 3. The van der Waals surface area contributed by atoms with Crippen LogP contribution in [0.5, 0.6) is 0 Å². The van der Waals surface area contributed by atoms with Crippen LogP contribution in [0.2, 0.25) is 10.0 Å². The Morgan fingerprint density at radius 1 is 1.00 bits per heavy atom. The highest BCUT2D eigenvalue weighted by Gasteiger charge is 2.33. The minimum absolute atomic E-state index is 0.512. The molecule has 0 aliphatic heterocycles. The average Bonchev–Trinajstić information content (AvgIpc) is 3.16. The number of carboxylic acids is 1. The van der Waals surface area contributed by atoms with Gasteiger partial charge in [-0.05, 0) is 75.6 Å². The van der Waals surface area contributed by atoms with Gasteiger partial charge < -0.3 is 14.2 Å². The highest BCUT2D eigenvalue weighted by atomic mass is 35.5. The van der Waals surface area contributed by atoms with Gasteiger partial charge in [0.2, 0.25) is 0 Å². The van der Waals surface area contributed by atoms with E-state index in [9.17, 15) is 9.90 Å². The zero-order chi connectivity index (χ0) is 24.8. The number of nitrogens with zero attached hydrogens (tertiary/aromatic N) is 3. The Morgan fingerprint density at radius 3 is 2.26 bits per heavy atom. The van der Waals surface area contributed by atoms with Gasteiger partial charge in [0.1, 0.15) is 11.3 Å². The molecule has 1 unspecified atom stereocenters. The lowest BCUT2D eigenvalue weighted by molar-refractivity contribution is -0.160. The molecule has 0 aliphatic carbocycles. The number of benzene rings is 1. The summed E-state index contributed by atoms with van der Waals surface area (Å²) in [5, 5.41) is 11.3. The van der Waals surface area contributed by atoms with Crippen molar-refractivity contribution in [1.29, 1.82) is 0 Å². The summed E-state index contributed by atoms with van der Waals surface area (Å²) in [5.41, 5.74) is 4.79. The topological polar surface area (TPSA) is 76.7 Å². The van der Waals surface area contributed by atoms with Crippen molar-refractivity contribution < 1.29 is 14.6 Å². The average molecular weight is 498 g/mol. The molecule has 1 atom stereocenters. The fraction of sp³-hybridized carbons (Fsp3) is 0.269. The van der Waals surface area contributed by atoms with Crippen molar-refractivity contribution in [2.75, 3.05) is 0 Å².